The van der Waals surface area contributed by atoms with Crippen LogP contribution in [0.5, 0.6) is 0 Å². The van der Waals surface area contributed by atoms with E-state index in [2.05, 4.69) is 27.6 Å². The van der Waals surface area contributed by atoms with Crippen molar-refractivity contribution < 1.29 is 0 Å². The highest BCUT2D eigenvalue weighted by atomic mass is 127. The Morgan fingerprint density at radius 1 is 1.33 bits per heavy atom. The molecule has 3 heteroatoms. The first kappa shape index (κ1) is 9.51. The molecule has 0 aliphatic carbocycles. The minimum Gasteiger partial charge on any atom is -0.295 e. The average Bonchev–Trinajstić information content (AvgIpc) is 2.53. The third kappa shape index (κ3) is 1.77. The lowest BCUT2D eigenvalue weighted by molar-refractivity contribution is 1.15. The topological polar surface area (TPSA) is 17.3 Å². The molecule has 64 valence electrons. The summed E-state index contributed by atoms with van der Waals surface area (Å²) in [6.07, 6.45) is 3.86. The van der Waals surface area contributed by atoms with Gasteiger partial charge in [-0.2, -0.15) is 0 Å². The highest BCUT2D eigenvalue weighted by Gasteiger charge is 1.94. The number of nitrogens with zero attached hydrogens (tertiary/aromatic N) is 2. The van der Waals surface area contributed by atoms with Gasteiger partial charge in [0.05, 0.1) is 6.20 Å². The summed E-state index contributed by atoms with van der Waals surface area (Å²) in [5.74, 6) is 0. The zero-order chi connectivity index (χ0) is 8.97. The van der Waals surface area contributed by atoms with Crippen molar-refractivity contribution in [2.24, 2.45) is 0 Å². The first-order chi connectivity index (χ1) is 5.88. The van der Waals surface area contributed by atoms with Crippen LogP contribution in [0, 0.1) is 3.70 Å². The number of hydrogen-bond acceptors (Lipinski definition) is 1. The molecule has 0 radical (unpaired) electrons. The van der Waals surface area contributed by atoms with Gasteiger partial charge in [0.15, 0.2) is 0 Å². The fourth-order valence-electron chi connectivity index (χ4n) is 0.902. The van der Waals surface area contributed by atoms with Crippen molar-refractivity contribution in [1.29, 1.82) is 0 Å². The summed E-state index contributed by atoms with van der Waals surface area (Å²) >= 11 is 2.25. The maximum absolute atomic E-state index is 4.17. The van der Waals surface area contributed by atoms with E-state index in [1.54, 1.807) is 0 Å². The molecular weight excluding hydrogens is 263 g/mol. The summed E-state index contributed by atoms with van der Waals surface area (Å²) < 4.78 is 3.19. The molecule has 0 saturated carbocycles. The van der Waals surface area contributed by atoms with Crippen molar-refractivity contribution in [1.82, 2.24) is 9.38 Å². The van der Waals surface area contributed by atoms with Crippen molar-refractivity contribution in [3.8, 4) is 0 Å². The van der Waals surface area contributed by atoms with Gasteiger partial charge in [-0.1, -0.05) is 19.9 Å². The quantitative estimate of drug-likeness (QED) is 0.675. The van der Waals surface area contributed by atoms with Gasteiger partial charge in [-0.25, -0.2) is 4.98 Å². The first-order valence-corrected chi connectivity index (χ1v) is 5.03. The Morgan fingerprint density at radius 3 is 2.75 bits per heavy atom. The molecule has 0 unspecified atom stereocenters. The van der Waals surface area contributed by atoms with E-state index in [1.165, 1.54) is 0 Å². The summed E-state index contributed by atoms with van der Waals surface area (Å²) in [5, 5.41) is 0. The van der Waals surface area contributed by atoms with Crippen LogP contribution in [0.4, 0.5) is 0 Å². The van der Waals surface area contributed by atoms with Crippen molar-refractivity contribution in [3.05, 3.63) is 34.3 Å². The molecule has 0 bridgehead atoms. The van der Waals surface area contributed by atoms with Crippen LogP contribution in [0.1, 0.15) is 13.8 Å². The van der Waals surface area contributed by atoms with Gasteiger partial charge in [-0.3, -0.25) is 4.40 Å². The van der Waals surface area contributed by atoms with Gasteiger partial charge in [-0.05, 0) is 34.7 Å². The lowest BCUT2D eigenvalue weighted by Gasteiger charge is -1.90. The lowest BCUT2D eigenvalue weighted by Crippen LogP contribution is -1.82. The minimum atomic E-state index is 1.01. The van der Waals surface area contributed by atoms with E-state index >= 15 is 0 Å². The van der Waals surface area contributed by atoms with Gasteiger partial charge in [0, 0.05) is 6.20 Å². The normalized spacial score (nSPS) is 9.25. The first-order valence-electron chi connectivity index (χ1n) is 3.95. The summed E-state index contributed by atoms with van der Waals surface area (Å²) in [7, 11) is 0. The third-order valence-electron chi connectivity index (χ3n) is 1.37. The standard InChI is InChI=1S/C7H5IN2.C2H6/c8-6-5-9-7-3-1-2-4-10(6)7;1-2/h1-5H;1-2H3. The Kier molecular flexibility index (Phi) is 3.52. The van der Waals surface area contributed by atoms with E-state index in [0.29, 0.717) is 0 Å². The maximum atomic E-state index is 4.17. The second kappa shape index (κ2) is 4.45. The van der Waals surface area contributed by atoms with Gasteiger partial charge in [0.2, 0.25) is 0 Å². The molecule has 0 N–H and O–H groups in total. The third-order valence-corrected chi connectivity index (χ3v) is 2.17. The number of rotatable bonds is 0. The molecule has 0 spiro atoms. The van der Waals surface area contributed by atoms with Crippen LogP contribution in [0.3, 0.4) is 0 Å². The van der Waals surface area contributed by atoms with E-state index in [4.69, 9.17) is 0 Å². The zero-order valence-electron chi connectivity index (χ0n) is 7.16. The second-order valence-electron chi connectivity index (χ2n) is 2.01. The highest BCUT2D eigenvalue weighted by Crippen LogP contribution is 2.07. The molecule has 2 heterocycles. The van der Waals surface area contributed by atoms with E-state index < -0.39 is 0 Å². The van der Waals surface area contributed by atoms with Crippen molar-refractivity contribution in [2.45, 2.75) is 13.8 Å². The maximum Gasteiger partial charge on any atom is 0.137 e. The number of imidazole rings is 1. The molecule has 0 saturated heterocycles. The predicted molar refractivity (Wildman–Crippen MR) is 59.3 cm³/mol. The Balaban J connectivity index is 0.000000336. The van der Waals surface area contributed by atoms with Crippen molar-refractivity contribution in [2.75, 3.05) is 0 Å². The molecule has 12 heavy (non-hydrogen) atoms. The van der Waals surface area contributed by atoms with Crippen LogP contribution >= 0.6 is 22.6 Å². The molecule has 0 aromatic carbocycles. The van der Waals surface area contributed by atoms with Crippen LogP contribution in [0.25, 0.3) is 5.65 Å². The SMILES string of the molecule is CC.Ic1cnc2ccccn12. The van der Waals surface area contributed by atoms with Crippen LogP contribution in [0.15, 0.2) is 30.6 Å². The lowest BCUT2D eigenvalue weighted by atomic mass is 10.5. The monoisotopic (exact) mass is 274 g/mol. The van der Waals surface area contributed by atoms with Crippen LogP contribution < -0.4 is 0 Å². The zero-order valence-corrected chi connectivity index (χ0v) is 9.32. The number of halogens is 1. The minimum absolute atomic E-state index is 1.01. The Labute approximate surface area is 85.8 Å². The van der Waals surface area contributed by atoms with Crippen molar-refractivity contribution >= 4 is 28.2 Å². The van der Waals surface area contributed by atoms with E-state index in [0.717, 1.165) is 9.35 Å². The van der Waals surface area contributed by atoms with Gasteiger partial charge < -0.3 is 0 Å². The molecule has 0 atom stereocenters. The van der Waals surface area contributed by atoms with Crippen LogP contribution in [0.2, 0.25) is 0 Å². The van der Waals surface area contributed by atoms with Crippen LogP contribution in [-0.2, 0) is 0 Å². The molecule has 0 aliphatic rings. The second-order valence-corrected chi connectivity index (χ2v) is 3.12. The number of pyridine rings is 1. The molecule has 2 aromatic heterocycles. The molecule has 2 aromatic rings. The smallest absolute Gasteiger partial charge is 0.137 e. The van der Waals surface area contributed by atoms with Gasteiger partial charge >= 0.3 is 0 Å². The molecular formula is C9H11IN2. The van der Waals surface area contributed by atoms with Crippen molar-refractivity contribution in [3.63, 3.8) is 0 Å². The Bertz CT molecular complexity index is 354. The summed E-state index contributed by atoms with van der Waals surface area (Å²) in [5.41, 5.74) is 1.01. The Hall–Kier alpha value is -0.580. The summed E-state index contributed by atoms with van der Waals surface area (Å²) in [6.45, 7) is 4.00. The van der Waals surface area contributed by atoms with E-state index in [1.807, 2.05) is 48.8 Å². The Morgan fingerprint density at radius 2 is 2.08 bits per heavy atom. The van der Waals surface area contributed by atoms with E-state index in [-0.39, 0.29) is 0 Å². The number of fused-ring (bicyclic) bond motifs is 1. The highest BCUT2D eigenvalue weighted by molar-refractivity contribution is 14.1. The molecule has 2 rings (SSSR count). The molecule has 0 aliphatic heterocycles. The number of aromatic nitrogens is 2. The number of hydrogen-bond donors (Lipinski definition) is 0. The molecule has 2 nitrogen and oxygen atoms in total. The van der Waals surface area contributed by atoms with Gasteiger partial charge in [-0.15, -0.1) is 0 Å². The molecule has 0 amide bonds. The fourth-order valence-corrected chi connectivity index (χ4v) is 1.45. The summed E-state index contributed by atoms with van der Waals surface area (Å²) in [6, 6.07) is 5.97. The summed E-state index contributed by atoms with van der Waals surface area (Å²) in [4.78, 5) is 4.17. The fraction of sp³-hybridized carbons (Fsp3) is 0.222. The average molecular weight is 274 g/mol. The largest absolute Gasteiger partial charge is 0.295 e. The predicted octanol–water partition coefficient (Wildman–Crippen LogP) is 2.97. The molecule has 0 fully saturated rings. The van der Waals surface area contributed by atoms with E-state index in [9.17, 15) is 0 Å². The van der Waals surface area contributed by atoms with Gasteiger partial charge in [0.1, 0.15) is 9.35 Å². The van der Waals surface area contributed by atoms with Gasteiger partial charge in [0.25, 0.3) is 0 Å². The van der Waals surface area contributed by atoms with Crippen LogP contribution in [-0.4, -0.2) is 9.38 Å².